The van der Waals surface area contributed by atoms with Crippen LogP contribution in [-0.2, 0) is 5.54 Å². The zero-order valence-electron chi connectivity index (χ0n) is 13.6. The molecule has 0 bridgehead atoms. The van der Waals surface area contributed by atoms with Gasteiger partial charge in [-0.05, 0) is 19.9 Å². The second-order valence-electron chi connectivity index (χ2n) is 6.11. The lowest BCUT2D eigenvalue weighted by atomic mass is 10.0. The van der Waals surface area contributed by atoms with Crippen molar-refractivity contribution in [1.29, 1.82) is 0 Å². The number of rotatable bonds is 5. The number of pyridine rings is 1. The average Bonchev–Trinajstić information content (AvgIpc) is 3.06. The molecule has 0 aromatic carbocycles. The van der Waals surface area contributed by atoms with E-state index in [2.05, 4.69) is 38.8 Å². The highest BCUT2D eigenvalue weighted by Gasteiger charge is 2.34. The lowest BCUT2D eigenvalue weighted by Gasteiger charge is -2.38. The smallest absolute Gasteiger partial charge is 0.387 e. The Bertz CT molecular complexity index is 684. The second kappa shape index (κ2) is 6.82. The van der Waals surface area contributed by atoms with Gasteiger partial charge >= 0.3 is 6.61 Å². The third kappa shape index (κ3) is 3.54. The van der Waals surface area contributed by atoms with Crippen molar-refractivity contribution in [2.75, 3.05) is 26.2 Å². The minimum absolute atomic E-state index is 0.0122. The molecule has 6 nitrogen and oxygen atoms in total. The molecule has 0 unspecified atom stereocenters. The molecule has 1 N–H and O–H groups in total. The highest BCUT2D eigenvalue weighted by atomic mass is 19.3. The molecule has 0 saturated carbocycles. The number of oxazole rings is 1. The molecule has 3 heterocycles. The van der Waals surface area contributed by atoms with Crippen LogP contribution in [0.2, 0.25) is 0 Å². The predicted octanol–water partition coefficient (Wildman–Crippen LogP) is 2.48. The molecule has 0 atom stereocenters. The first kappa shape index (κ1) is 16.8. The van der Waals surface area contributed by atoms with E-state index in [9.17, 15) is 8.78 Å². The SMILES string of the molecule is CC(C)(c1ncc(-c2cncc(OC(F)F)c2)o1)N1CCNCC1. The van der Waals surface area contributed by atoms with Gasteiger partial charge in [0.15, 0.2) is 5.76 Å². The molecular weight excluding hydrogens is 318 g/mol. The number of aromatic nitrogens is 2. The summed E-state index contributed by atoms with van der Waals surface area (Å²) in [6.45, 7) is 4.89. The molecule has 0 radical (unpaired) electrons. The van der Waals surface area contributed by atoms with Crippen LogP contribution in [0.5, 0.6) is 5.75 Å². The van der Waals surface area contributed by atoms with Crippen LogP contribution in [0.25, 0.3) is 11.3 Å². The normalized spacial score (nSPS) is 16.5. The van der Waals surface area contributed by atoms with Gasteiger partial charge in [0.05, 0.1) is 17.9 Å². The fourth-order valence-electron chi connectivity index (χ4n) is 2.77. The molecule has 1 fully saturated rings. The fourth-order valence-corrected chi connectivity index (χ4v) is 2.77. The summed E-state index contributed by atoms with van der Waals surface area (Å²) in [5.74, 6) is 1.04. The van der Waals surface area contributed by atoms with Crippen molar-refractivity contribution in [2.24, 2.45) is 0 Å². The van der Waals surface area contributed by atoms with E-state index < -0.39 is 6.61 Å². The van der Waals surface area contributed by atoms with Crippen LogP contribution >= 0.6 is 0 Å². The van der Waals surface area contributed by atoms with Crippen LogP contribution in [0.4, 0.5) is 8.78 Å². The number of halogens is 2. The Morgan fingerprint density at radius 2 is 2.00 bits per heavy atom. The van der Waals surface area contributed by atoms with Crippen LogP contribution < -0.4 is 10.1 Å². The van der Waals surface area contributed by atoms with Crippen LogP contribution in [0.1, 0.15) is 19.7 Å². The van der Waals surface area contributed by atoms with Gasteiger partial charge in [0.25, 0.3) is 0 Å². The Labute approximate surface area is 138 Å². The zero-order chi connectivity index (χ0) is 17.2. The summed E-state index contributed by atoms with van der Waals surface area (Å²) >= 11 is 0. The molecule has 3 rings (SSSR count). The van der Waals surface area contributed by atoms with Crippen molar-refractivity contribution in [3.05, 3.63) is 30.5 Å². The summed E-state index contributed by atoms with van der Waals surface area (Å²) in [7, 11) is 0. The number of hydrogen-bond acceptors (Lipinski definition) is 6. The quantitative estimate of drug-likeness (QED) is 0.904. The van der Waals surface area contributed by atoms with Gasteiger partial charge in [0.2, 0.25) is 5.89 Å². The Kier molecular flexibility index (Phi) is 4.77. The van der Waals surface area contributed by atoms with E-state index in [0.717, 1.165) is 26.2 Å². The predicted molar refractivity (Wildman–Crippen MR) is 83.8 cm³/mol. The first-order valence-corrected chi connectivity index (χ1v) is 7.79. The Morgan fingerprint density at radius 1 is 1.25 bits per heavy atom. The van der Waals surface area contributed by atoms with Crippen LogP contribution in [0.3, 0.4) is 0 Å². The maximum absolute atomic E-state index is 12.3. The van der Waals surface area contributed by atoms with Crippen LogP contribution in [0, 0.1) is 0 Å². The number of nitrogens with zero attached hydrogens (tertiary/aromatic N) is 3. The average molecular weight is 338 g/mol. The van der Waals surface area contributed by atoms with E-state index >= 15 is 0 Å². The van der Waals surface area contributed by atoms with Crippen LogP contribution in [-0.4, -0.2) is 47.7 Å². The van der Waals surface area contributed by atoms with E-state index in [0.29, 0.717) is 17.2 Å². The monoisotopic (exact) mass is 338 g/mol. The molecule has 0 spiro atoms. The van der Waals surface area contributed by atoms with E-state index in [4.69, 9.17) is 4.42 Å². The van der Waals surface area contributed by atoms with Crippen molar-refractivity contribution >= 4 is 0 Å². The van der Waals surface area contributed by atoms with E-state index in [1.807, 2.05) is 0 Å². The van der Waals surface area contributed by atoms with Gasteiger partial charge in [0.1, 0.15) is 5.75 Å². The van der Waals surface area contributed by atoms with Gasteiger partial charge < -0.3 is 14.5 Å². The molecule has 0 amide bonds. The van der Waals surface area contributed by atoms with Gasteiger partial charge in [-0.2, -0.15) is 8.78 Å². The minimum Gasteiger partial charge on any atom is -0.439 e. The molecule has 8 heteroatoms. The number of nitrogens with one attached hydrogen (secondary N) is 1. The van der Waals surface area contributed by atoms with Gasteiger partial charge in [-0.1, -0.05) is 0 Å². The number of alkyl halides is 2. The van der Waals surface area contributed by atoms with Gasteiger partial charge in [0, 0.05) is 37.9 Å². The molecule has 24 heavy (non-hydrogen) atoms. The molecule has 2 aromatic rings. The first-order chi connectivity index (χ1) is 11.5. The topological polar surface area (TPSA) is 63.4 Å². The third-order valence-electron chi connectivity index (χ3n) is 4.16. The van der Waals surface area contributed by atoms with Crippen molar-refractivity contribution < 1.29 is 17.9 Å². The highest BCUT2D eigenvalue weighted by molar-refractivity contribution is 5.57. The van der Waals surface area contributed by atoms with E-state index in [-0.39, 0.29) is 11.3 Å². The van der Waals surface area contributed by atoms with Gasteiger partial charge in [-0.15, -0.1) is 0 Å². The molecule has 1 aliphatic heterocycles. The van der Waals surface area contributed by atoms with E-state index in [1.54, 1.807) is 6.20 Å². The number of piperazine rings is 1. The molecule has 1 aliphatic rings. The zero-order valence-corrected chi connectivity index (χ0v) is 13.6. The maximum Gasteiger partial charge on any atom is 0.387 e. The number of hydrogen-bond donors (Lipinski definition) is 1. The lowest BCUT2D eigenvalue weighted by Crippen LogP contribution is -2.51. The van der Waals surface area contributed by atoms with Crippen molar-refractivity contribution in [3.8, 4) is 17.1 Å². The molecule has 1 saturated heterocycles. The molecule has 0 aliphatic carbocycles. The molecule has 2 aromatic heterocycles. The standard InChI is InChI=1S/C16H20F2N4O2/c1-16(2,22-5-3-19-4-6-22)14-21-10-13(24-14)11-7-12(9-20-8-11)23-15(17)18/h7-10,15,19H,3-6H2,1-2H3. The maximum atomic E-state index is 12.3. The van der Waals surface area contributed by atoms with Gasteiger partial charge in [-0.3, -0.25) is 9.88 Å². The summed E-state index contributed by atoms with van der Waals surface area (Å²) < 4.78 is 34.9. The minimum atomic E-state index is -2.89. The lowest BCUT2D eigenvalue weighted by molar-refractivity contribution is -0.0500. The Morgan fingerprint density at radius 3 is 2.71 bits per heavy atom. The number of ether oxygens (including phenoxy) is 1. The summed E-state index contributed by atoms with van der Waals surface area (Å²) in [6, 6.07) is 1.46. The molecule has 130 valence electrons. The van der Waals surface area contributed by atoms with E-state index in [1.165, 1.54) is 18.5 Å². The summed E-state index contributed by atoms with van der Waals surface area (Å²) in [5, 5.41) is 3.31. The second-order valence-corrected chi connectivity index (χ2v) is 6.11. The van der Waals surface area contributed by atoms with Crippen LogP contribution in [0.15, 0.2) is 29.1 Å². The van der Waals surface area contributed by atoms with Crippen molar-refractivity contribution in [1.82, 2.24) is 20.2 Å². The third-order valence-corrected chi connectivity index (χ3v) is 4.16. The van der Waals surface area contributed by atoms with Crippen molar-refractivity contribution in [3.63, 3.8) is 0 Å². The highest BCUT2D eigenvalue weighted by Crippen LogP contribution is 2.31. The summed E-state index contributed by atoms with van der Waals surface area (Å²) in [5.41, 5.74) is 0.188. The fraction of sp³-hybridized carbons (Fsp3) is 0.500. The Hall–Kier alpha value is -2.06. The summed E-state index contributed by atoms with van der Waals surface area (Å²) in [4.78, 5) is 10.6. The largest absolute Gasteiger partial charge is 0.439 e. The van der Waals surface area contributed by atoms with Gasteiger partial charge in [-0.25, -0.2) is 4.98 Å². The first-order valence-electron chi connectivity index (χ1n) is 7.79. The molecular formula is C16H20F2N4O2. The van der Waals surface area contributed by atoms with Crippen molar-refractivity contribution in [2.45, 2.75) is 26.0 Å². The summed E-state index contributed by atoms with van der Waals surface area (Å²) in [6.07, 6.45) is 4.35. The Balaban J connectivity index is 1.82.